The number of halogens is 1. The topological polar surface area (TPSA) is 84.5 Å². The van der Waals surface area contributed by atoms with Gasteiger partial charge in [-0.25, -0.2) is 17.5 Å². The highest BCUT2D eigenvalue weighted by Crippen LogP contribution is 2.21. The average Bonchev–Trinajstić information content (AvgIpc) is 2.75. The van der Waals surface area contributed by atoms with E-state index in [1.54, 1.807) is 7.11 Å². The second-order valence-corrected chi connectivity index (χ2v) is 8.55. The Bertz CT molecular complexity index is 1130. The van der Waals surface area contributed by atoms with Gasteiger partial charge in [-0.15, -0.1) is 0 Å². The van der Waals surface area contributed by atoms with Gasteiger partial charge in [-0.2, -0.15) is 0 Å². The zero-order valence-electron chi connectivity index (χ0n) is 16.5. The van der Waals surface area contributed by atoms with Crippen molar-refractivity contribution in [2.45, 2.75) is 24.3 Å². The predicted molar refractivity (Wildman–Crippen MR) is 113 cm³/mol. The van der Waals surface area contributed by atoms with Crippen LogP contribution in [0.2, 0.25) is 0 Å². The number of ether oxygens (including phenoxy) is 1. The zero-order valence-corrected chi connectivity index (χ0v) is 17.3. The predicted octanol–water partition coefficient (Wildman–Crippen LogP) is 3.36. The molecule has 0 fully saturated rings. The molecule has 30 heavy (non-hydrogen) atoms. The molecule has 0 aliphatic heterocycles. The van der Waals surface area contributed by atoms with Crippen LogP contribution in [-0.4, -0.2) is 28.0 Å². The molecule has 0 heterocycles. The molecule has 0 spiro atoms. The minimum absolute atomic E-state index is 0.0118. The third kappa shape index (κ3) is 5.77. The second-order valence-electron chi connectivity index (χ2n) is 6.78. The summed E-state index contributed by atoms with van der Waals surface area (Å²) >= 11 is 0. The first kappa shape index (κ1) is 21.7. The highest BCUT2D eigenvalue weighted by atomic mass is 32.2. The molecule has 0 radical (unpaired) electrons. The number of benzene rings is 3. The minimum atomic E-state index is -3.71. The number of amides is 1. The number of rotatable bonds is 9. The maximum Gasteiger partial charge on any atom is 0.240 e. The largest absolute Gasteiger partial charge is 0.497 e. The molecule has 0 saturated carbocycles. The standard InChI is InChI=1S/C22H23FN2O4S/c1-29-20-9-6-17-13-16(4-5-18(17)14-20)15-24-22(26)3-2-12-25-30(27,28)21-10-7-19(23)8-11-21/h4-11,13-14,25H,2-3,12,15H2,1H3,(H,24,26). The molecular formula is C22H23FN2O4S. The van der Waals surface area contributed by atoms with Gasteiger partial charge in [0.25, 0.3) is 0 Å². The number of hydrogen-bond acceptors (Lipinski definition) is 4. The molecule has 0 bridgehead atoms. The van der Waals surface area contributed by atoms with Gasteiger partial charge in [0, 0.05) is 19.5 Å². The zero-order chi connectivity index (χ0) is 21.6. The van der Waals surface area contributed by atoms with Gasteiger partial charge in [0.1, 0.15) is 11.6 Å². The van der Waals surface area contributed by atoms with Crippen LogP contribution in [0.1, 0.15) is 18.4 Å². The Morgan fingerprint density at radius 3 is 2.43 bits per heavy atom. The van der Waals surface area contributed by atoms with E-state index >= 15 is 0 Å². The van der Waals surface area contributed by atoms with Crippen LogP contribution >= 0.6 is 0 Å². The Morgan fingerprint density at radius 1 is 1.00 bits per heavy atom. The number of hydrogen-bond donors (Lipinski definition) is 2. The van der Waals surface area contributed by atoms with Crippen LogP contribution in [0.15, 0.2) is 65.6 Å². The fraction of sp³-hybridized carbons (Fsp3) is 0.227. The van der Waals surface area contributed by atoms with Crippen molar-refractivity contribution in [3.8, 4) is 5.75 Å². The molecule has 2 N–H and O–H groups in total. The van der Waals surface area contributed by atoms with E-state index in [-0.39, 0.29) is 23.8 Å². The molecule has 8 heteroatoms. The van der Waals surface area contributed by atoms with Crippen LogP contribution in [0.4, 0.5) is 4.39 Å². The fourth-order valence-electron chi connectivity index (χ4n) is 2.95. The van der Waals surface area contributed by atoms with Crippen molar-refractivity contribution in [1.29, 1.82) is 0 Å². The van der Waals surface area contributed by atoms with Crippen LogP contribution in [0.5, 0.6) is 5.75 Å². The first-order chi connectivity index (χ1) is 14.4. The van der Waals surface area contributed by atoms with Crippen molar-refractivity contribution in [3.05, 3.63) is 72.0 Å². The summed E-state index contributed by atoms with van der Waals surface area (Å²) in [5.74, 6) is 0.126. The Balaban J connectivity index is 1.43. The van der Waals surface area contributed by atoms with Crippen LogP contribution < -0.4 is 14.8 Å². The molecule has 3 aromatic rings. The summed E-state index contributed by atoms with van der Waals surface area (Å²) in [6, 6.07) is 16.3. The van der Waals surface area contributed by atoms with Crippen molar-refractivity contribution in [2.24, 2.45) is 0 Å². The van der Waals surface area contributed by atoms with Gasteiger partial charge in [0.05, 0.1) is 12.0 Å². The van der Waals surface area contributed by atoms with Crippen molar-refractivity contribution in [1.82, 2.24) is 10.0 Å². The van der Waals surface area contributed by atoms with E-state index in [1.165, 1.54) is 12.1 Å². The first-order valence-electron chi connectivity index (χ1n) is 9.46. The summed E-state index contributed by atoms with van der Waals surface area (Å²) in [5.41, 5.74) is 0.970. The normalized spacial score (nSPS) is 11.4. The lowest BCUT2D eigenvalue weighted by molar-refractivity contribution is -0.121. The lowest BCUT2D eigenvalue weighted by Gasteiger charge is -2.09. The third-order valence-electron chi connectivity index (χ3n) is 4.60. The van der Waals surface area contributed by atoms with Gasteiger partial charge in [-0.3, -0.25) is 4.79 Å². The van der Waals surface area contributed by atoms with E-state index in [1.807, 2.05) is 36.4 Å². The van der Waals surface area contributed by atoms with Gasteiger partial charge < -0.3 is 10.1 Å². The van der Waals surface area contributed by atoms with Crippen molar-refractivity contribution >= 4 is 26.7 Å². The van der Waals surface area contributed by atoms with E-state index in [9.17, 15) is 17.6 Å². The molecular weight excluding hydrogens is 407 g/mol. The molecule has 0 unspecified atom stereocenters. The van der Waals surface area contributed by atoms with Crippen LogP contribution in [-0.2, 0) is 21.4 Å². The number of sulfonamides is 1. The van der Waals surface area contributed by atoms with Gasteiger partial charge >= 0.3 is 0 Å². The van der Waals surface area contributed by atoms with Gasteiger partial charge in [0.2, 0.25) is 15.9 Å². The van der Waals surface area contributed by atoms with E-state index in [0.29, 0.717) is 13.0 Å². The molecule has 1 amide bonds. The number of methoxy groups -OCH3 is 1. The monoisotopic (exact) mass is 430 g/mol. The maximum absolute atomic E-state index is 12.9. The lowest BCUT2D eigenvalue weighted by Crippen LogP contribution is -2.27. The summed E-state index contributed by atoms with van der Waals surface area (Å²) in [6.45, 7) is 0.507. The van der Waals surface area contributed by atoms with Gasteiger partial charge in [-0.05, 0) is 65.2 Å². The molecule has 0 saturated heterocycles. The quantitative estimate of drug-likeness (QED) is 0.510. The van der Waals surface area contributed by atoms with Crippen molar-refractivity contribution < 1.29 is 22.3 Å². The molecule has 158 valence electrons. The summed E-state index contributed by atoms with van der Waals surface area (Å²) in [7, 11) is -2.09. The fourth-order valence-corrected chi connectivity index (χ4v) is 4.03. The highest BCUT2D eigenvalue weighted by molar-refractivity contribution is 7.89. The Hall–Kier alpha value is -2.97. The molecule has 6 nitrogen and oxygen atoms in total. The van der Waals surface area contributed by atoms with Crippen LogP contribution in [0.3, 0.4) is 0 Å². The third-order valence-corrected chi connectivity index (χ3v) is 6.08. The van der Waals surface area contributed by atoms with Crippen molar-refractivity contribution in [2.75, 3.05) is 13.7 Å². The molecule has 0 aromatic heterocycles. The Labute approximate surface area is 175 Å². The van der Waals surface area contributed by atoms with Crippen molar-refractivity contribution in [3.63, 3.8) is 0 Å². The maximum atomic E-state index is 12.9. The smallest absolute Gasteiger partial charge is 0.240 e. The first-order valence-corrected chi connectivity index (χ1v) is 10.9. The minimum Gasteiger partial charge on any atom is -0.497 e. The van der Waals surface area contributed by atoms with Gasteiger partial charge in [-0.1, -0.05) is 18.2 Å². The Morgan fingerprint density at radius 2 is 1.70 bits per heavy atom. The number of carbonyl (C=O) groups is 1. The molecule has 0 aliphatic rings. The second kappa shape index (κ2) is 9.69. The lowest BCUT2D eigenvalue weighted by atomic mass is 10.1. The van der Waals surface area contributed by atoms with E-state index in [0.717, 1.165) is 34.2 Å². The SMILES string of the molecule is COc1ccc2cc(CNC(=O)CCCNS(=O)(=O)c3ccc(F)cc3)ccc2c1. The number of fused-ring (bicyclic) bond motifs is 1. The number of carbonyl (C=O) groups excluding carboxylic acids is 1. The summed E-state index contributed by atoms with van der Waals surface area (Å²) in [5, 5.41) is 4.95. The Kier molecular flexibility index (Phi) is 7.02. The summed E-state index contributed by atoms with van der Waals surface area (Å²) in [6.07, 6.45) is 0.542. The van der Waals surface area contributed by atoms with E-state index in [2.05, 4.69) is 10.0 Å². The molecule has 3 aromatic carbocycles. The summed E-state index contributed by atoms with van der Waals surface area (Å²) < 4.78 is 44.7. The number of nitrogens with one attached hydrogen (secondary N) is 2. The van der Waals surface area contributed by atoms with E-state index in [4.69, 9.17) is 4.74 Å². The molecule has 0 atom stereocenters. The summed E-state index contributed by atoms with van der Waals surface area (Å²) in [4.78, 5) is 12.0. The average molecular weight is 431 g/mol. The molecule has 3 rings (SSSR count). The van der Waals surface area contributed by atoms with Crippen LogP contribution in [0, 0.1) is 5.82 Å². The van der Waals surface area contributed by atoms with Gasteiger partial charge in [0.15, 0.2) is 0 Å². The highest BCUT2D eigenvalue weighted by Gasteiger charge is 2.13. The van der Waals surface area contributed by atoms with Crippen LogP contribution in [0.25, 0.3) is 10.8 Å². The molecule has 0 aliphatic carbocycles. The van der Waals surface area contributed by atoms with E-state index < -0.39 is 15.8 Å².